The van der Waals surface area contributed by atoms with Crippen LogP contribution in [0.5, 0.6) is 0 Å². The fourth-order valence-corrected chi connectivity index (χ4v) is 2.77. The van der Waals surface area contributed by atoms with Crippen LogP contribution in [0.15, 0.2) is 0 Å². The van der Waals surface area contributed by atoms with Crippen LogP contribution in [0.2, 0.25) is 0 Å². The van der Waals surface area contributed by atoms with E-state index in [0.29, 0.717) is 0 Å². The van der Waals surface area contributed by atoms with E-state index in [1.807, 2.05) is 0 Å². The highest BCUT2D eigenvalue weighted by Crippen LogP contribution is 2.33. The van der Waals surface area contributed by atoms with E-state index in [2.05, 4.69) is 33.0 Å². The van der Waals surface area contributed by atoms with Crippen molar-refractivity contribution in [2.45, 2.75) is 59.4 Å². The van der Waals surface area contributed by atoms with Crippen LogP contribution < -0.4 is 5.32 Å². The van der Waals surface area contributed by atoms with Crippen LogP contribution in [0.1, 0.15) is 53.4 Å². The summed E-state index contributed by atoms with van der Waals surface area (Å²) in [5.74, 6) is 2.69. The summed E-state index contributed by atoms with van der Waals surface area (Å²) in [6.45, 7) is 10.6. The molecule has 1 heteroatoms. The molecule has 84 valence electrons. The van der Waals surface area contributed by atoms with Gasteiger partial charge in [-0.2, -0.15) is 0 Å². The van der Waals surface area contributed by atoms with E-state index in [1.54, 1.807) is 0 Å². The summed E-state index contributed by atoms with van der Waals surface area (Å²) in [4.78, 5) is 0. The molecular formula is C13H27N. The lowest BCUT2D eigenvalue weighted by atomic mass is 9.74. The molecule has 0 aliphatic heterocycles. The van der Waals surface area contributed by atoms with Gasteiger partial charge in [0.25, 0.3) is 0 Å². The summed E-state index contributed by atoms with van der Waals surface area (Å²) in [6, 6.07) is 0.790. The van der Waals surface area contributed by atoms with E-state index < -0.39 is 0 Å². The van der Waals surface area contributed by atoms with Gasteiger partial charge >= 0.3 is 0 Å². The molecule has 1 nitrogen and oxygen atoms in total. The predicted molar refractivity (Wildman–Crippen MR) is 63.4 cm³/mol. The zero-order chi connectivity index (χ0) is 10.6. The monoisotopic (exact) mass is 197 g/mol. The zero-order valence-corrected chi connectivity index (χ0v) is 10.3. The molecule has 1 aliphatic carbocycles. The van der Waals surface area contributed by atoms with Crippen molar-refractivity contribution < 1.29 is 0 Å². The first-order valence-electron chi connectivity index (χ1n) is 6.38. The Labute approximate surface area is 89.7 Å². The average molecular weight is 197 g/mol. The largest absolute Gasteiger partial charge is 0.314 e. The number of nitrogens with one attached hydrogen (secondary N) is 1. The summed E-state index contributed by atoms with van der Waals surface area (Å²) in [6.07, 6.45) is 5.52. The lowest BCUT2D eigenvalue weighted by molar-refractivity contribution is 0.170. The smallest absolute Gasteiger partial charge is 0.0100 e. The van der Waals surface area contributed by atoms with Crippen molar-refractivity contribution in [1.29, 1.82) is 0 Å². The van der Waals surface area contributed by atoms with Gasteiger partial charge in [0.2, 0.25) is 0 Å². The molecule has 0 radical (unpaired) electrons. The highest BCUT2D eigenvalue weighted by Gasteiger charge is 2.29. The molecule has 0 aromatic heterocycles. The quantitative estimate of drug-likeness (QED) is 0.728. The van der Waals surface area contributed by atoms with E-state index in [0.717, 1.165) is 23.8 Å². The lowest BCUT2D eigenvalue weighted by Crippen LogP contribution is -2.43. The van der Waals surface area contributed by atoms with Gasteiger partial charge in [0.15, 0.2) is 0 Å². The van der Waals surface area contributed by atoms with Crippen molar-refractivity contribution in [2.24, 2.45) is 17.8 Å². The molecule has 0 spiro atoms. The van der Waals surface area contributed by atoms with Crippen LogP contribution in [-0.4, -0.2) is 12.6 Å². The summed E-state index contributed by atoms with van der Waals surface area (Å²) in [7, 11) is 0. The molecule has 0 heterocycles. The number of hydrogen-bond donors (Lipinski definition) is 1. The second kappa shape index (κ2) is 5.75. The molecule has 0 aromatic rings. The molecule has 0 amide bonds. The Bertz CT molecular complexity index is 153. The fourth-order valence-electron chi connectivity index (χ4n) is 2.77. The van der Waals surface area contributed by atoms with E-state index in [1.165, 1.54) is 32.2 Å². The average Bonchev–Trinajstić information content (AvgIpc) is 2.14. The zero-order valence-electron chi connectivity index (χ0n) is 10.3. The minimum atomic E-state index is 0.790. The van der Waals surface area contributed by atoms with E-state index in [4.69, 9.17) is 0 Å². The van der Waals surface area contributed by atoms with Gasteiger partial charge in [-0.25, -0.2) is 0 Å². The third kappa shape index (κ3) is 3.27. The lowest BCUT2D eigenvalue weighted by Gasteiger charge is -2.38. The third-order valence-electron chi connectivity index (χ3n) is 3.68. The highest BCUT2D eigenvalue weighted by atomic mass is 14.9. The van der Waals surface area contributed by atoms with E-state index in [9.17, 15) is 0 Å². The molecule has 1 rings (SSSR count). The van der Waals surface area contributed by atoms with Gasteiger partial charge in [-0.3, -0.25) is 0 Å². The second-order valence-corrected chi connectivity index (χ2v) is 5.39. The van der Waals surface area contributed by atoms with Crippen LogP contribution in [-0.2, 0) is 0 Å². The fraction of sp³-hybridized carbons (Fsp3) is 1.00. The maximum absolute atomic E-state index is 3.73. The van der Waals surface area contributed by atoms with Crippen LogP contribution in [0.4, 0.5) is 0 Å². The SMILES string of the molecule is CCCNC1CC(C)CCC1C(C)C. The van der Waals surface area contributed by atoms with Gasteiger partial charge < -0.3 is 5.32 Å². The van der Waals surface area contributed by atoms with Crippen LogP contribution in [0.3, 0.4) is 0 Å². The Morgan fingerprint density at radius 1 is 1.29 bits per heavy atom. The van der Waals surface area contributed by atoms with Gasteiger partial charge in [-0.05, 0) is 43.6 Å². The molecule has 0 saturated heterocycles. The molecule has 1 N–H and O–H groups in total. The van der Waals surface area contributed by atoms with Gasteiger partial charge in [0, 0.05) is 6.04 Å². The summed E-state index contributed by atoms with van der Waals surface area (Å²) >= 11 is 0. The molecule has 1 saturated carbocycles. The Balaban J connectivity index is 2.45. The van der Waals surface area contributed by atoms with Crippen LogP contribution in [0.25, 0.3) is 0 Å². The van der Waals surface area contributed by atoms with Crippen molar-refractivity contribution in [1.82, 2.24) is 5.32 Å². The normalized spacial score (nSPS) is 33.6. The maximum atomic E-state index is 3.73. The minimum Gasteiger partial charge on any atom is -0.314 e. The van der Waals surface area contributed by atoms with Crippen LogP contribution >= 0.6 is 0 Å². The van der Waals surface area contributed by atoms with Gasteiger partial charge in [-0.1, -0.05) is 34.1 Å². The molecule has 1 aliphatic rings. The van der Waals surface area contributed by atoms with E-state index in [-0.39, 0.29) is 0 Å². The third-order valence-corrected chi connectivity index (χ3v) is 3.68. The number of rotatable bonds is 4. The number of hydrogen-bond acceptors (Lipinski definition) is 1. The summed E-state index contributed by atoms with van der Waals surface area (Å²) in [5, 5.41) is 3.73. The summed E-state index contributed by atoms with van der Waals surface area (Å²) in [5.41, 5.74) is 0. The van der Waals surface area contributed by atoms with Crippen molar-refractivity contribution in [2.75, 3.05) is 6.54 Å². The predicted octanol–water partition coefficient (Wildman–Crippen LogP) is 3.45. The van der Waals surface area contributed by atoms with Crippen molar-refractivity contribution in [3.05, 3.63) is 0 Å². The molecule has 14 heavy (non-hydrogen) atoms. The standard InChI is InChI=1S/C13H27N/c1-5-8-14-13-9-11(4)6-7-12(13)10(2)3/h10-14H,5-9H2,1-4H3. The van der Waals surface area contributed by atoms with Crippen molar-refractivity contribution >= 4 is 0 Å². The van der Waals surface area contributed by atoms with Crippen molar-refractivity contribution in [3.63, 3.8) is 0 Å². The Morgan fingerprint density at radius 2 is 2.00 bits per heavy atom. The first-order valence-corrected chi connectivity index (χ1v) is 6.38. The first kappa shape index (κ1) is 12.0. The summed E-state index contributed by atoms with van der Waals surface area (Å²) < 4.78 is 0. The van der Waals surface area contributed by atoms with E-state index >= 15 is 0 Å². The molecule has 0 aromatic carbocycles. The van der Waals surface area contributed by atoms with Crippen LogP contribution in [0, 0.1) is 17.8 Å². The van der Waals surface area contributed by atoms with Gasteiger partial charge in [0.1, 0.15) is 0 Å². The molecular weight excluding hydrogens is 170 g/mol. The second-order valence-electron chi connectivity index (χ2n) is 5.39. The first-order chi connectivity index (χ1) is 6.65. The molecule has 3 unspecified atom stereocenters. The molecule has 3 atom stereocenters. The Hall–Kier alpha value is -0.0400. The minimum absolute atomic E-state index is 0.790. The van der Waals surface area contributed by atoms with Gasteiger partial charge in [-0.15, -0.1) is 0 Å². The van der Waals surface area contributed by atoms with Crippen molar-refractivity contribution in [3.8, 4) is 0 Å². The topological polar surface area (TPSA) is 12.0 Å². The van der Waals surface area contributed by atoms with Gasteiger partial charge in [0.05, 0.1) is 0 Å². The molecule has 0 bridgehead atoms. The Morgan fingerprint density at radius 3 is 2.57 bits per heavy atom. The Kier molecular flexibility index (Phi) is 4.94. The maximum Gasteiger partial charge on any atom is 0.0100 e. The molecule has 1 fully saturated rings. The highest BCUT2D eigenvalue weighted by molar-refractivity contribution is 4.85.